The summed E-state index contributed by atoms with van der Waals surface area (Å²) in [5.74, 6) is 0.259. The summed E-state index contributed by atoms with van der Waals surface area (Å²) in [6, 6.07) is 13.1. The third-order valence-electron chi connectivity index (χ3n) is 5.24. The number of ether oxygens (including phenoxy) is 1. The van der Waals surface area contributed by atoms with Crippen molar-refractivity contribution in [2.45, 2.75) is 25.8 Å². The van der Waals surface area contributed by atoms with Gasteiger partial charge in [-0.05, 0) is 24.3 Å². The third-order valence-corrected chi connectivity index (χ3v) is 5.47. The van der Waals surface area contributed by atoms with E-state index in [0.717, 1.165) is 17.3 Å². The molecule has 0 bridgehead atoms. The number of carbonyl (C=O) groups is 2. The normalized spacial score (nSPS) is 13.2. The van der Waals surface area contributed by atoms with E-state index >= 15 is 0 Å². The Bertz CT molecular complexity index is 1080. The maximum atomic E-state index is 12.7. The van der Waals surface area contributed by atoms with Gasteiger partial charge in [-0.1, -0.05) is 29.8 Å². The number of hydrogen-bond donors (Lipinski definition) is 2. The van der Waals surface area contributed by atoms with Crippen LogP contribution in [0.4, 0.5) is 5.69 Å². The highest BCUT2D eigenvalue weighted by molar-refractivity contribution is 6.31. The van der Waals surface area contributed by atoms with Crippen molar-refractivity contribution < 1.29 is 14.3 Å². The van der Waals surface area contributed by atoms with E-state index < -0.39 is 0 Å². The fourth-order valence-electron chi connectivity index (χ4n) is 3.75. The minimum Gasteiger partial charge on any atom is -0.495 e. The first kappa shape index (κ1) is 19.3. The molecule has 2 aromatic carbocycles. The summed E-state index contributed by atoms with van der Waals surface area (Å²) in [7, 11) is 1.53. The lowest BCUT2D eigenvalue weighted by Gasteiger charge is -2.27. The van der Waals surface area contributed by atoms with Gasteiger partial charge in [0.1, 0.15) is 5.75 Å². The van der Waals surface area contributed by atoms with Crippen LogP contribution in [0.3, 0.4) is 0 Å². The highest BCUT2D eigenvalue weighted by Gasteiger charge is 2.24. The zero-order chi connectivity index (χ0) is 20.4. The highest BCUT2D eigenvalue weighted by Crippen LogP contribution is 2.29. The number of fused-ring (bicyclic) bond motifs is 3. The average molecular weight is 412 g/mol. The lowest BCUT2D eigenvalue weighted by molar-refractivity contribution is -0.133. The Labute approximate surface area is 173 Å². The van der Waals surface area contributed by atoms with Gasteiger partial charge in [-0.3, -0.25) is 9.59 Å². The van der Waals surface area contributed by atoms with Crippen molar-refractivity contribution in [2.24, 2.45) is 0 Å². The molecule has 29 heavy (non-hydrogen) atoms. The molecule has 0 spiro atoms. The monoisotopic (exact) mass is 411 g/mol. The van der Waals surface area contributed by atoms with E-state index in [-0.39, 0.29) is 24.7 Å². The van der Waals surface area contributed by atoms with Gasteiger partial charge < -0.3 is 19.9 Å². The van der Waals surface area contributed by atoms with E-state index in [1.54, 1.807) is 18.2 Å². The number of aromatic nitrogens is 1. The molecule has 2 heterocycles. The van der Waals surface area contributed by atoms with E-state index in [1.807, 2.05) is 23.1 Å². The molecule has 1 aliphatic rings. The Morgan fingerprint density at radius 3 is 2.86 bits per heavy atom. The zero-order valence-electron chi connectivity index (χ0n) is 16.1. The number of carbonyl (C=O) groups excluding carboxylic acids is 2. The number of nitrogens with zero attached hydrogens (tertiary/aromatic N) is 1. The summed E-state index contributed by atoms with van der Waals surface area (Å²) in [5.41, 5.74) is 3.97. The van der Waals surface area contributed by atoms with Crippen LogP contribution < -0.4 is 10.1 Å². The Balaban J connectivity index is 1.37. The number of benzene rings is 2. The maximum Gasteiger partial charge on any atom is 0.224 e. The van der Waals surface area contributed by atoms with Gasteiger partial charge in [0, 0.05) is 59.5 Å². The number of methoxy groups -OCH3 is 1. The van der Waals surface area contributed by atoms with Gasteiger partial charge in [-0.2, -0.15) is 0 Å². The first-order valence-corrected chi connectivity index (χ1v) is 9.92. The lowest BCUT2D eigenvalue weighted by atomic mass is 10.0. The van der Waals surface area contributed by atoms with E-state index in [9.17, 15) is 9.59 Å². The number of halogens is 1. The van der Waals surface area contributed by atoms with E-state index in [2.05, 4.69) is 16.4 Å². The average Bonchev–Trinajstić information content (AvgIpc) is 3.10. The van der Waals surface area contributed by atoms with Crippen LogP contribution in [0.2, 0.25) is 5.02 Å². The van der Waals surface area contributed by atoms with Gasteiger partial charge in [0.25, 0.3) is 0 Å². The highest BCUT2D eigenvalue weighted by atomic mass is 35.5. The van der Waals surface area contributed by atoms with Gasteiger partial charge in [0.2, 0.25) is 11.8 Å². The second kappa shape index (κ2) is 8.17. The topological polar surface area (TPSA) is 74.4 Å². The number of anilines is 1. The van der Waals surface area contributed by atoms with Crippen molar-refractivity contribution in [3.8, 4) is 5.75 Å². The van der Waals surface area contributed by atoms with Crippen molar-refractivity contribution in [1.29, 1.82) is 0 Å². The molecule has 2 amide bonds. The molecular formula is C22H22ClN3O3. The number of amides is 2. The van der Waals surface area contributed by atoms with Crippen LogP contribution in [0, 0.1) is 0 Å². The first-order chi connectivity index (χ1) is 14.0. The molecule has 0 radical (unpaired) electrons. The first-order valence-electron chi connectivity index (χ1n) is 9.55. The molecular weight excluding hydrogens is 390 g/mol. The van der Waals surface area contributed by atoms with Crippen LogP contribution in [0.5, 0.6) is 5.75 Å². The molecule has 7 heteroatoms. The molecule has 0 fully saturated rings. The molecule has 0 unspecified atom stereocenters. The summed E-state index contributed by atoms with van der Waals surface area (Å²) >= 11 is 5.99. The summed E-state index contributed by atoms with van der Waals surface area (Å²) in [6.45, 7) is 1.23. The molecule has 2 N–H and O–H groups in total. The molecule has 1 aromatic heterocycles. The van der Waals surface area contributed by atoms with Gasteiger partial charge >= 0.3 is 0 Å². The van der Waals surface area contributed by atoms with Crippen LogP contribution in [-0.4, -0.2) is 35.4 Å². The van der Waals surface area contributed by atoms with Gasteiger partial charge in [0.15, 0.2) is 0 Å². The smallest absolute Gasteiger partial charge is 0.224 e. The number of rotatable bonds is 5. The SMILES string of the molecule is COc1ccc(Cl)cc1NC(=O)CCC(=O)N1CCc2[nH]c3ccccc3c2C1. The van der Waals surface area contributed by atoms with Crippen molar-refractivity contribution >= 4 is 40.0 Å². The molecule has 6 nitrogen and oxygen atoms in total. The largest absolute Gasteiger partial charge is 0.495 e. The van der Waals surface area contributed by atoms with Crippen molar-refractivity contribution in [1.82, 2.24) is 9.88 Å². The molecule has 0 atom stereocenters. The molecule has 0 saturated heterocycles. The second-order valence-corrected chi connectivity index (χ2v) is 7.52. The Kier molecular flexibility index (Phi) is 5.45. The fourth-order valence-corrected chi connectivity index (χ4v) is 3.92. The minimum absolute atomic E-state index is 0.0193. The number of H-pyrrole nitrogens is 1. The van der Waals surface area contributed by atoms with Crippen molar-refractivity contribution in [3.63, 3.8) is 0 Å². The Morgan fingerprint density at radius 1 is 1.21 bits per heavy atom. The molecule has 1 aliphatic heterocycles. The molecule has 4 rings (SSSR count). The van der Waals surface area contributed by atoms with Crippen LogP contribution in [0.1, 0.15) is 24.1 Å². The van der Waals surface area contributed by atoms with Crippen LogP contribution in [0.15, 0.2) is 42.5 Å². The van der Waals surface area contributed by atoms with Gasteiger partial charge in [-0.25, -0.2) is 0 Å². The van der Waals surface area contributed by atoms with E-state index in [1.165, 1.54) is 18.4 Å². The minimum atomic E-state index is -0.247. The zero-order valence-corrected chi connectivity index (χ0v) is 16.9. The number of para-hydroxylation sites is 1. The van der Waals surface area contributed by atoms with Crippen molar-refractivity contribution in [2.75, 3.05) is 19.0 Å². The van der Waals surface area contributed by atoms with E-state index in [0.29, 0.717) is 29.5 Å². The number of hydrogen-bond acceptors (Lipinski definition) is 3. The van der Waals surface area contributed by atoms with Crippen LogP contribution in [-0.2, 0) is 22.6 Å². The maximum absolute atomic E-state index is 12.7. The summed E-state index contributed by atoms with van der Waals surface area (Å²) in [6.07, 6.45) is 1.06. The molecule has 150 valence electrons. The van der Waals surface area contributed by atoms with Gasteiger partial charge in [0.05, 0.1) is 12.8 Å². The third kappa shape index (κ3) is 4.07. The van der Waals surface area contributed by atoms with E-state index in [4.69, 9.17) is 16.3 Å². The molecule has 0 aliphatic carbocycles. The van der Waals surface area contributed by atoms with Crippen molar-refractivity contribution in [3.05, 3.63) is 58.7 Å². The quantitative estimate of drug-likeness (QED) is 0.662. The summed E-state index contributed by atoms with van der Waals surface area (Å²) in [4.78, 5) is 30.3. The molecule has 3 aromatic rings. The summed E-state index contributed by atoms with van der Waals surface area (Å²) < 4.78 is 5.23. The standard InChI is InChI=1S/C22H22ClN3O3/c1-29-20-7-6-14(23)12-19(20)25-21(27)8-9-22(28)26-11-10-18-16(13-26)15-4-2-3-5-17(15)24-18/h2-7,12,24H,8-11,13H2,1H3,(H,25,27). The fraction of sp³-hybridized carbons (Fsp3) is 0.273. The number of nitrogens with one attached hydrogen (secondary N) is 2. The Morgan fingerprint density at radius 2 is 2.03 bits per heavy atom. The second-order valence-electron chi connectivity index (χ2n) is 7.09. The van der Waals surface area contributed by atoms with Crippen LogP contribution >= 0.6 is 11.6 Å². The predicted octanol–water partition coefficient (Wildman–Crippen LogP) is 4.13. The summed E-state index contributed by atoms with van der Waals surface area (Å²) in [5, 5.41) is 4.43. The van der Waals surface area contributed by atoms with Crippen LogP contribution in [0.25, 0.3) is 10.9 Å². The lowest BCUT2D eigenvalue weighted by Crippen LogP contribution is -2.36. The van der Waals surface area contributed by atoms with Gasteiger partial charge in [-0.15, -0.1) is 0 Å². The Hall–Kier alpha value is -2.99. The number of aromatic amines is 1. The predicted molar refractivity (Wildman–Crippen MR) is 113 cm³/mol. The molecule has 0 saturated carbocycles.